The van der Waals surface area contributed by atoms with Crippen LogP contribution >= 0.6 is 11.3 Å². The summed E-state index contributed by atoms with van der Waals surface area (Å²) >= 11 is 1.44. The maximum absolute atomic E-state index is 12.4. The number of azo groups is 1. The summed E-state index contributed by atoms with van der Waals surface area (Å²) < 4.78 is 42.5. The van der Waals surface area contributed by atoms with Crippen molar-refractivity contribution in [3.63, 3.8) is 0 Å². The minimum Gasteiger partial charge on any atom is -0.406 e. The quantitative estimate of drug-likeness (QED) is 0.157. The second kappa shape index (κ2) is 12.3. The average molecular weight is 578 g/mol. The lowest BCUT2D eigenvalue weighted by molar-refractivity contribution is -0.274. The van der Waals surface area contributed by atoms with Crippen molar-refractivity contribution in [1.82, 2.24) is 19.7 Å². The van der Waals surface area contributed by atoms with E-state index in [-0.39, 0.29) is 5.75 Å². The van der Waals surface area contributed by atoms with Crippen molar-refractivity contribution in [1.29, 1.82) is 0 Å². The van der Waals surface area contributed by atoms with E-state index in [9.17, 15) is 13.2 Å². The first kappa shape index (κ1) is 28.0. The molecule has 2 heterocycles. The molecule has 0 bridgehead atoms. The molecular formula is C29H26F3N7OS. The van der Waals surface area contributed by atoms with Gasteiger partial charge < -0.3 is 9.64 Å². The highest BCUT2D eigenvalue weighted by Crippen LogP contribution is 2.29. The largest absolute Gasteiger partial charge is 0.573 e. The zero-order valence-electron chi connectivity index (χ0n) is 22.3. The van der Waals surface area contributed by atoms with Crippen molar-refractivity contribution >= 4 is 22.2 Å². The van der Waals surface area contributed by atoms with E-state index in [1.807, 2.05) is 29.6 Å². The zero-order chi connectivity index (χ0) is 28.8. The van der Waals surface area contributed by atoms with Crippen LogP contribution in [0.2, 0.25) is 0 Å². The van der Waals surface area contributed by atoms with Crippen LogP contribution in [0.15, 0.2) is 94.7 Å². The molecule has 2 aromatic heterocycles. The number of aromatic nitrogens is 4. The van der Waals surface area contributed by atoms with E-state index >= 15 is 0 Å². The fraction of sp³-hybridized carbons (Fsp3) is 0.207. The van der Waals surface area contributed by atoms with Crippen LogP contribution < -0.4 is 9.64 Å². The van der Waals surface area contributed by atoms with E-state index in [4.69, 9.17) is 0 Å². The van der Waals surface area contributed by atoms with Crippen LogP contribution in [0.3, 0.4) is 0 Å². The Hall–Kier alpha value is -4.58. The molecule has 0 amide bonds. The number of hydrogen-bond donors (Lipinski definition) is 0. The summed E-state index contributed by atoms with van der Waals surface area (Å²) in [6.45, 7) is 6.61. The Labute approximate surface area is 238 Å². The highest BCUT2D eigenvalue weighted by molar-refractivity contribution is 7.13. The number of halogens is 3. The monoisotopic (exact) mass is 577 g/mol. The van der Waals surface area contributed by atoms with Crippen LogP contribution in [0, 0.1) is 0 Å². The number of nitrogens with zero attached hydrogens (tertiary/aromatic N) is 7. The van der Waals surface area contributed by atoms with Gasteiger partial charge in [-0.2, -0.15) is 5.11 Å². The molecule has 0 radical (unpaired) electrons. The van der Waals surface area contributed by atoms with Gasteiger partial charge in [0.1, 0.15) is 12.1 Å². The molecule has 41 heavy (non-hydrogen) atoms. The lowest BCUT2D eigenvalue weighted by Crippen LogP contribution is -2.21. The van der Waals surface area contributed by atoms with Crippen molar-refractivity contribution < 1.29 is 17.9 Å². The average Bonchev–Trinajstić information content (AvgIpc) is 3.65. The molecule has 0 N–H and O–H groups in total. The van der Waals surface area contributed by atoms with E-state index in [2.05, 4.69) is 73.0 Å². The molecule has 0 atom stereocenters. The number of rotatable bonds is 10. The molecule has 5 rings (SSSR count). The van der Waals surface area contributed by atoms with Gasteiger partial charge >= 0.3 is 6.36 Å². The van der Waals surface area contributed by atoms with E-state index in [0.717, 1.165) is 35.5 Å². The van der Waals surface area contributed by atoms with Crippen molar-refractivity contribution in [3.05, 3.63) is 90.1 Å². The number of thiazole rings is 1. The van der Waals surface area contributed by atoms with Gasteiger partial charge in [0.2, 0.25) is 5.13 Å². The molecule has 3 aromatic carbocycles. The molecule has 0 aliphatic heterocycles. The van der Waals surface area contributed by atoms with E-state index in [1.165, 1.54) is 52.3 Å². The van der Waals surface area contributed by atoms with Crippen LogP contribution in [0.25, 0.3) is 28.3 Å². The van der Waals surface area contributed by atoms with Crippen LogP contribution in [-0.4, -0.2) is 39.2 Å². The van der Waals surface area contributed by atoms with Gasteiger partial charge in [-0.25, -0.2) is 14.6 Å². The zero-order valence-corrected chi connectivity index (χ0v) is 23.1. The SMILES string of the molecule is CCN(CC)c1ccc(-c2csc(N=NCc3ccc(-c4ncn(-c5ccc(OC(F)(F)F)cc5)n4)cc3)n2)cc1. The number of ether oxygens (including phenoxy) is 1. The molecule has 8 nitrogen and oxygen atoms in total. The number of alkyl halides is 3. The first-order valence-electron chi connectivity index (χ1n) is 12.9. The summed E-state index contributed by atoms with van der Waals surface area (Å²) in [5.41, 5.74) is 5.41. The van der Waals surface area contributed by atoms with E-state index in [1.54, 1.807) is 0 Å². The van der Waals surface area contributed by atoms with Gasteiger partial charge in [-0.15, -0.1) is 34.7 Å². The van der Waals surface area contributed by atoms with Gasteiger partial charge in [0, 0.05) is 35.3 Å². The van der Waals surface area contributed by atoms with Gasteiger partial charge in [0.15, 0.2) is 5.82 Å². The van der Waals surface area contributed by atoms with Gasteiger partial charge in [0.05, 0.1) is 17.9 Å². The molecule has 0 saturated heterocycles. The maximum Gasteiger partial charge on any atom is 0.573 e. The minimum atomic E-state index is -4.74. The van der Waals surface area contributed by atoms with Gasteiger partial charge in [-0.3, -0.25) is 0 Å². The smallest absolute Gasteiger partial charge is 0.406 e. The second-order valence-corrected chi connectivity index (χ2v) is 9.72. The summed E-state index contributed by atoms with van der Waals surface area (Å²) in [5.74, 6) is 0.180. The van der Waals surface area contributed by atoms with Crippen molar-refractivity contribution in [3.8, 4) is 34.1 Å². The Morgan fingerprint density at radius 2 is 1.59 bits per heavy atom. The number of benzene rings is 3. The lowest BCUT2D eigenvalue weighted by Gasteiger charge is -2.20. The molecule has 0 spiro atoms. The lowest BCUT2D eigenvalue weighted by atomic mass is 10.1. The molecular weight excluding hydrogens is 551 g/mol. The predicted octanol–water partition coefficient (Wildman–Crippen LogP) is 8.09. The summed E-state index contributed by atoms with van der Waals surface area (Å²) in [6.07, 6.45) is -3.24. The Balaban J connectivity index is 1.17. The Kier molecular flexibility index (Phi) is 8.39. The van der Waals surface area contributed by atoms with Crippen LogP contribution in [0.1, 0.15) is 19.4 Å². The first-order valence-corrected chi connectivity index (χ1v) is 13.7. The van der Waals surface area contributed by atoms with Crippen LogP contribution in [0.5, 0.6) is 5.75 Å². The highest BCUT2D eigenvalue weighted by atomic mass is 32.1. The van der Waals surface area contributed by atoms with Crippen molar-refractivity contribution in [2.45, 2.75) is 26.8 Å². The standard InChI is InChI=1S/C29H26F3N7OS/c1-3-38(4-2)23-11-9-21(10-12-23)26-18-41-28(35-26)36-34-17-20-5-7-22(8-6-20)27-33-19-39(37-27)24-13-15-25(16-14-24)40-29(30,31)32/h5-16,18-19H,3-4,17H2,1-2H3. The van der Waals surface area contributed by atoms with Gasteiger partial charge in [-0.05, 0) is 55.8 Å². The summed E-state index contributed by atoms with van der Waals surface area (Å²) in [7, 11) is 0. The summed E-state index contributed by atoms with van der Waals surface area (Å²) in [4.78, 5) is 11.2. The predicted molar refractivity (Wildman–Crippen MR) is 153 cm³/mol. The summed E-state index contributed by atoms with van der Waals surface area (Å²) in [5, 5.41) is 15.6. The van der Waals surface area contributed by atoms with E-state index < -0.39 is 6.36 Å². The molecule has 0 unspecified atom stereocenters. The number of hydrogen-bond acceptors (Lipinski definition) is 8. The molecule has 210 valence electrons. The third kappa shape index (κ3) is 7.14. The molecule has 0 aliphatic rings. The third-order valence-electron chi connectivity index (χ3n) is 6.23. The van der Waals surface area contributed by atoms with Gasteiger partial charge in [-0.1, -0.05) is 36.4 Å². The Morgan fingerprint density at radius 1 is 0.902 bits per heavy atom. The first-order chi connectivity index (χ1) is 19.8. The van der Waals surface area contributed by atoms with Crippen LogP contribution in [-0.2, 0) is 6.54 Å². The third-order valence-corrected chi connectivity index (χ3v) is 6.96. The molecule has 0 fully saturated rings. The minimum absolute atomic E-state index is 0.301. The molecule has 0 saturated carbocycles. The topological polar surface area (TPSA) is 80.8 Å². The fourth-order valence-electron chi connectivity index (χ4n) is 4.13. The summed E-state index contributed by atoms with van der Waals surface area (Å²) in [6, 6.07) is 21.4. The molecule has 0 aliphatic carbocycles. The Bertz CT molecular complexity index is 1590. The fourth-order valence-corrected chi connectivity index (χ4v) is 4.79. The molecule has 12 heteroatoms. The van der Waals surface area contributed by atoms with Gasteiger partial charge in [0.25, 0.3) is 0 Å². The second-order valence-electron chi connectivity index (χ2n) is 8.89. The van der Waals surface area contributed by atoms with E-state index in [0.29, 0.717) is 23.2 Å². The van der Waals surface area contributed by atoms with Crippen molar-refractivity contribution in [2.75, 3.05) is 18.0 Å². The Morgan fingerprint density at radius 3 is 2.24 bits per heavy atom. The van der Waals surface area contributed by atoms with Crippen molar-refractivity contribution in [2.24, 2.45) is 10.2 Å². The van der Waals surface area contributed by atoms with Crippen LogP contribution in [0.4, 0.5) is 24.0 Å². The highest BCUT2D eigenvalue weighted by Gasteiger charge is 2.31. The maximum atomic E-state index is 12.4. The normalized spacial score (nSPS) is 11.7. The molecule has 5 aromatic rings. The number of anilines is 1.